The maximum atomic E-state index is 10.8. The SMILES string of the molecule is CC(=O)C(=O)OC(CO)N(C)CCO. The summed E-state index contributed by atoms with van der Waals surface area (Å²) < 4.78 is 4.65. The molecule has 0 aliphatic carbocycles. The first-order chi connectivity index (χ1) is 6.52. The van der Waals surface area contributed by atoms with Gasteiger partial charge < -0.3 is 14.9 Å². The highest BCUT2D eigenvalue weighted by atomic mass is 16.6. The molecular formula is C8H15NO5. The molecule has 0 radical (unpaired) electrons. The number of carbonyl (C=O) groups is 2. The van der Waals surface area contributed by atoms with Gasteiger partial charge in [-0.1, -0.05) is 0 Å². The molecule has 2 N–H and O–H groups in total. The molecule has 0 aromatic heterocycles. The van der Waals surface area contributed by atoms with E-state index >= 15 is 0 Å². The van der Waals surface area contributed by atoms with Crippen LogP contribution in [-0.4, -0.2) is 59.9 Å². The number of likely N-dealkylation sites (N-methyl/N-ethyl adjacent to an activating group) is 1. The number of rotatable bonds is 6. The molecule has 1 atom stereocenters. The summed E-state index contributed by atoms with van der Waals surface area (Å²) in [5, 5.41) is 17.4. The first-order valence-electron chi connectivity index (χ1n) is 4.16. The standard InChI is InChI=1S/C8H15NO5/c1-6(12)8(13)14-7(5-11)9(2)3-4-10/h7,10-11H,3-5H2,1-2H3. The summed E-state index contributed by atoms with van der Waals surface area (Å²) in [5.41, 5.74) is 0. The fraction of sp³-hybridized carbons (Fsp3) is 0.750. The van der Waals surface area contributed by atoms with Crippen molar-refractivity contribution in [2.45, 2.75) is 13.2 Å². The number of ether oxygens (including phenoxy) is 1. The van der Waals surface area contributed by atoms with Crippen molar-refractivity contribution in [1.29, 1.82) is 0 Å². The zero-order valence-electron chi connectivity index (χ0n) is 8.27. The van der Waals surface area contributed by atoms with E-state index in [4.69, 9.17) is 10.2 Å². The quantitative estimate of drug-likeness (QED) is 0.307. The van der Waals surface area contributed by atoms with E-state index in [1.807, 2.05) is 0 Å². The second-order valence-electron chi connectivity index (χ2n) is 2.80. The molecule has 0 saturated carbocycles. The molecule has 0 aliphatic heterocycles. The fourth-order valence-corrected chi connectivity index (χ4v) is 0.775. The van der Waals surface area contributed by atoms with Gasteiger partial charge in [0.25, 0.3) is 0 Å². The number of aliphatic hydroxyl groups excluding tert-OH is 2. The van der Waals surface area contributed by atoms with Gasteiger partial charge in [-0.25, -0.2) is 4.79 Å². The molecule has 0 spiro atoms. The van der Waals surface area contributed by atoms with Gasteiger partial charge in [0, 0.05) is 13.5 Å². The van der Waals surface area contributed by atoms with E-state index in [9.17, 15) is 9.59 Å². The van der Waals surface area contributed by atoms with Crippen molar-refractivity contribution in [3.05, 3.63) is 0 Å². The molecule has 0 saturated heterocycles. The number of nitrogens with zero attached hydrogens (tertiary/aromatic N) is 1. The van der Waals surface area contributed by atoms with Crippen LogP contribution < -0.4 is 0 Å². The predicted octanol–water partition coefficient (Wildman–Crippen LogP) is -1.64. The summed E-state index contributed by atoms with van der Waals surface area (Å²) in [7, 11) is 1.56. The minimum absolute atomic E-state index is 0.120. The lowest BCUT2D eigenvalue weighted by Gasteiger charge is -2.24. The van der Waals surface area contributed by atoms with Gasteiger partial charge >= 0.3 is 5.97 Å². The van der Waals surface area contributed by atoms with Gasteiger partial charge in [0.2, 0.25) is 5.78 Å². The van der Waals surface area contributed by atoms with Crippen LogP contribution in [0.25, 0.3) is 0 Å². The fourth-order valence-electron chi connectivity index (χ4n) is 0.775. The Kier molecular flexibility index (Phi) is 6.02. The summed E-state index contributed by atoms with van der Waals surface area (Å²) in [6.07, 6.45) is -0.890. The Morgan fingerprint density at radius 1 is 1.43 bits per heavy atom. The van der Waals surface area contributed by atoms with Gasteiger partial charge in [0.05, 0.1) is 13.2 Å². The zero-order chi connectivity index (χ0) is 11.1. The van der Waals surface area contributed by atoms with Gasteiger partial charge in [-0.3, -0.25) is 9.69 Å². The summed E-state index contributed by atoms with van der Waals surface area (Å²) in [6, 6.07) is 0. The third-order valence-electron chi connectivity index (χ3n) is 1.63. The van der Waals surface area contributed by atoms with Crippen molar-refractivity contribution >= 4 is 11.8 Å². The summed E-state index contributed by atoms with van der Waals surface area (Å²) in [5.74, 6) is -1.71. The molecule has 6 heteroatoms. The first-order valence-corrected chi connectivity index (χ1v) is 4.16. The second kappa shape index (κ2) is 6.47. The number of ketones is 1. The highest BCUT2D eigenvalue weighted by molar-refractivity contribution is 6.32. The lowest BCUT2D eigenvalue weighted by atomic mass is 10.4. The van der Waals surface area contributed by atoms with Crippen molar-refractivity contribution in [3.8, 4) is 0 Å². The van der Waals surface area contributed by atoms with Crippen LogP contribution in [-0.2, 0) is 14.3 Å². The minimum Gasteiger partial charge on any atom is -0.438 e. The number of aliphatic hydroxyl groups is 2. The second-order valence-corrected chi connectivity index (χ2v) is 2.80. The van der Waals surface area contributed by atoms with E-state index in [0.29, 0.717) is 0 Å². The van der Waals surface area contributed by atoms with Gasteiger partial charge in [-0.15, -0.1) is 0 Å². The molecule has 0 aromatic carbocycles. The molecular weight excluding hydrogens is 190 g/mol. The largest absolute Gasteiger partial charge is 0.438 e. The Balaban J connectivity index is 4.14. The molecule has 0 bridgehead atoms. The Bertz CT molecular complexity index is 206. The molecule has 82 valence electrons. The van der Waals surface area contributed by atoms with Gasteiger partial charge in [0.15, 0.2) is 6.23 Å². The molecule has 0 amide bonds. The average molecular weight is 205 g/mol. The number of hydrogen-bond acceptors (Lipinski definition) is 6. The van der Waals surface area contributed by atoms with E-state index in [0.717, 1.165) is 6.92 Å². The van der Waals surface area contributed by atoms with Crippen molar-refractivity contribution in [1.82, 2.24) is 4.90 Å². The van der Waals surface area contributed by atoms with Gasteiger partial charge in [-0.2, -0.15) is 0 Å². The highest BCUT2D eigenvalue weighted by Gasteiger charge is 2.20. The van der Waals surface area contributed by atoms with E-state index in [2.05, 4.69) is 4.74 Å². The molecule has 6 nitrogen and oxygen atoms in total. The number of carbonyl (C=O) groups excluding carboxylic acids is 2. The smallest absolute Gasteiger partial charge is 0.375 e. The Hall–Kier alpha value is -0.980. The number of Topliss-reactive ketones (excluding diaryl/α,β-unsaturated/α-hetero) is 1. The zero-order valence-corrected chi connectivity index (χ0v) is 8.27. The van der Waals surface area contributed by atoms with E-state index in [1.165, 1.54) is 4.90 Å². The van der Waals surface area contributed by atoms with E-state index < -0.39 is 24.6 Å². The van der Waals surface area contributed by atoms with Gasteiger partial charge in [-0.05, 0) is 7.05 Å². The normalized spacial score (nSPS) is 12.6. The third-order valence-corrected chi connectivity index (χ3v) is 1.63. The Morgan fingerprint density at radius 2 is 2.00 bits per heavy atom. The Labute approximate surface area is 82.1 Å². The van der Waals surface area contributed by atoms with Crippen LogP contribution in [0.2, 0.25) is 0 Å². The van der Waals surface area contributed by atoms with Crippen LogP contribution in [0.5, 0.6) is 0 Å². The molecule has 0 aliphatic rings. The molecule has 0 fully saturated rings. The lowest BCUT2D eigenvalue weighted by molar-refractivity contribution is -0.167. The van der Waals surface area contributed by atoms with Crippen LogP contribution >= 0.6 is 0 Å². The third kappa shape index (κ3) is 4.31. The predicted molar refractivity (Wildman–Crippen MR) is 47.4 cm³/mol. The monoisotopic (exact) mass is 205 g/mol. The van der Waals surface area contributed by atoms with E-state index in [-0.39, 0.29) is 13.2 Å². The minimum atomic E-state index is -0.992. The molecule has 1 unspecified atom stereocenters. The first kappa shape index (κ1) is 13.0. The molecule has 0 heterocycles. The summed E-state index contributed by atoms with van der Waals surface area (Å²) >= 11 is 0. The lowest BCUT2D eigenvalue weighted by Crippen LogP contribution is -2.41. The van der Waals surface area contributed by atoms with Crippen LogP contribution in [0.4, 0.5) is 0 Å². The number of esters is 1. The van der Waals surface area contributed by atoms with Crippen LogP contribution in [0, 0.1) is 0 Å². The summed E-state index contributed by atoms with van der Waals surface area (Å²) in [6.45, 7) is 0.791. The van der Waals surface area contributed by atoms with Crippen LogP contribution in [0.1, 0.15) is 6.92 Å². The molecule has 0 aromatic rings. The summed E-state index contributed by atoms with van der Waals surface area (Å²) in [4.78, 5) is 22.8. The topological polar surface area (TPSA) is 87.1 Å². The maximum Gasteiger partial charge on any atom is 0.375 e. The van der Waals surface area contributed by atoms with Crippen molar-refractivity contribution in [3.63, 3.8) is 0 Å². The average Bonchev–Trinajstić information content (AvgIpc) is 2.13. The van der Waals surface area contributed by atoms with Crippen LogP contribution in [0.15, 0.2) is 0 Å². The molecule has 0 rings (SSSR count). The van der Waals surface area contributed by atoms with E-state index in [1.54, 1.807) is 7.05 Å². The molecule has 14 heavy (non-hydrogen) atoms. The van der Waals surface area contributed by atoms with Crippen molar-refractivity contribution in [2.75, 3.05) is 26.8 Å². The maximum absolute atomic E-state index is 10.8. The van der Waals surface area contributed by atoms with Crippen molar-refractivity contribution < 1.29 is 24.5 Å². The highest BCUT2D eigenvalue weighted by Crippen LogP contribution is 1.98. The van der Waals surface area contributed by atoms with Gasteiger partial charge in [0.1, 0.15) is 0 Å². The van der Waals surface area contributed by atoms with Crippen LogP contribution in [0.3, 0.4) is 0 Å². The Morgan fingerprint density at radius 3 is 2.36 bits per heavy atom. The van der Waals surface area contributed by atoms with Crippen molar-refractivity contribution in [2.24, 2.45) is 0 Å². The number of hydrogen-bond donors (Lipinski definition) is 2.